The molecule has 0 bridgehead atoms. The standard InChI is InChI=1S/C14H29NO3Si/c1-11(2)12(10-13(16)15(6)17-7)18-19(8,9)14(3,4)5/h10H2,1-9H3. The Balaban J connectivity index is 5.01. The van der Waals surface area contributed by atoms with Crippen LogP contribution < -0.4 is 0 Å². The molecule has 112 valence electrons. The fourth-order valence-electron chi connectivity index (χ4n) is 1.13. The zero-order valence-electron chi connectivity index (χ0n) is 13.9. The molecule has 0 aliphatic carbocycles. The van der Waals surface area contributed by atoms with E-state index in [2.05, 4.69) is 33.9 Å². The molecule has 0 heterocycles. The molecule has 19 heavy (non-hydrogen) atoms. The summed E-state index contributed by atoms with van der Waals surface area (Å²) < 4.78 is 6.24. The third-order valence-corrected chi connectivity index (χ3v) is 8.05. The van der Waals surface area contributed by atoms with Gasteiger partial charge in [-0.25, -0.2) is 5.06 Å². The predicted octanol–water partition coefficient (Wildman–Crippen LogP) is 3.71. The molecule has 0 aromatic heterocycles. The van der Waals surface area contributed by atoms with Crippen LogP contribution in [0.2, 0.25) is 18.1 Å². The Morgan fingerprint density at radius 3 is 2.00 bits per heavy atom. The maximum atomic E-state index is 11.9. The van der Waals surface area contributed by atoms with Gasteiger partial charge in [-0.3, -0.25) is 9.63 Å². The number of hydrogen-bond donors (Lipinski definition) is 0. The molecule has 0 aliphatic rings. The average Bonchev–Trinajstić information content (AvgIpc) is 2.24. The van der Waals surface area contributed by atoms with Crippen LogP contribution in [-0.2, 0) is 14.1 Å². The Morgan fingerprint density at radius 1 is 1.21 bits per heavy atom. The minimum absolute atomic E-state index is 0.0996. The first-order valence-electron chi connectivity index (χ1n) is 6.58. The highest BCUT2D eigenvalue weighted by Crippen LogP contribution is 2.38. The van der Waals surface area contributed by atoms with Crippen LogP contribution in [0.25, 0.3) is 0 Å². The molecule has 0 saturated carbocycles. The van der Waals surface area contributed by atoms with Crippen molar-refractivity contribution in [2.24, 2.45) is 0 Å². The van der Waals surface area contributed by atoms with Crippen LogP contribution in [-0.4, -0.2) is 33.4 Å². The first-order chi connectivity index (χ1) is 8.42. The second-order valence-electron chi connectivity index (χ2n) is 6.54. The summed E-state index contributed by atoms with van der Waals surface area (Å²) >= 11 is 0. The van der Waals surface area contributed by atoms with Crippen LogP contribution in [0.5, 0.6) is 0 Å². The molecule has 0 aromatic carbocycles. The van der Waals surface area contributed by atoms with Crippen molar-refractivity contribution < 1.29 is 14.1 Å². The van der Waals surface area contributed by atoms with E-state index >= 15 is 0 Å². The van der Waals surface area contributed by atoms with E-state index in [-0.39, 0.29) is 17.4 Å². The largest absolute Gasteiger partial charge is 0.546 e. The second-order valence-corrected chi connectivity index (χ2v) is 11.3. The number of nitrogens with zero attached hydrogens (tertiary/aromatic N) is 1. The minimum atomic E-state index is -1.91. The van der Waals surface area contributed by atoms with Crippen LogP contribution >= 0.6 is 0 Å². The maximum absolute atomic E-state index is 11.9. The number of hydroxylamine groups is 2. The fraction of sp³-hybridized carbons (Fsp3) is 0.786. The van der Waals surface area contributed by atoms with Gasteiger partial charge in [0.15, 0.2) is 0 Å². The highest BCUT2D eigenvalue weighted by Gasteiger charge is 2.39. The number of hydrogen-bond acceptors (Lipinski definition) is 3. The minimum Gasteiger partial charge on any atom is -0.546 e. The molecular formula is C14H29NO3Si. The van der Waals surface area contributed by atoms with Crippen molar-refractivity contribution in [3.63, 3.8) is 0 Å². The molecule has 0 radical (unpaired) electrons. The Bertz CT molecular complexity index is 352. The lowest BCUT2D eigenvalue weighted by atomic mass is 10.2. The van der Waals surface area contributed by atoms with E-state index in [0.717, 1.165) is 11.3 Å². The van der Waals surface area contributed by atoms with Gasteiger partial charge in [0.2, 0.25) is 8.32 Å². The van der Waals surface area contributed by atoms with Gasteiger partial charge in [0.1, 0.15) is 0 Å². The van der Waals surface area contributed by atoms with Gasteiger partial charge in [-0.1, -0.05) is 20.8 Å². The Labute approximate surface area is 118 Å². The van der Waals surface area contributed by atoms with Crippen LogP contribution in [0, 0.1) is 0 Å². The molecule has 0 rings (SSSR count). The van der Waals surface area contributed by atoms with Crippen molar-refractivity contribution in [1.29, 1.82) is 0 Å². The van der Waals surface area contributed by atoms with Gasteiger partial charge in [-0.05, 0) is 37.6 Å². The molecule has 0 N–H and O–H groups in total. The molecule has 0 aromatic rings. The Kier molecular flexibility index (Phi) is 6.29. The van der Waals surface area contributed by atoms with Gasteiger partial charge in [0.25, 0.3) is 5.91 Å². The summed E-state index contributed by atoms with van der Waals surface area (Å²) in [6.45, 7) is 14.9. The molecule has 1 amide bonds. The molecular weight excluding hydrogens is 258 g/mol. The number of amides is 1. The third-order valence-electron chi connectivity index (χ3n) is 3.68. The number of allylic oxidation sites excluding steroid dienone is 1. The molecule has 0 aliphatic heterocycles. The van der Waals surface area contributed by atoms with Gasteiger partial charge >= 0.3 is 0 Å². The highest BCUT2D eigenvalue weighted by atomic mass is 28.4. The van der Waals surface area contributed by atoms with Crippen molar-refractivity contribution in [1.82, 2.24) is 5.06 Å². The van der Waals surface area contributed by atoms with Crippen LogP contribution in [0.15, 0.2) is 11.3 Å². The fourth-order valence-corrected chi connectivity index (χ4v) is 2.32. The second kappa shape index (κ2) is 6.57. The summed E-state index contributed by atoms with van der Waals surface area (Å²) in [5, 5.41) is 1.35. The zero-order valence-corrected chi connectivity index (χ0v) is 14.9. The lowest BCUT2D eigenvalue weighted by Gasteiger charge is -2.37. The van der Waals surface area contributed by atoms with E-state index in [4.69, 9.17) is 9.26 Å². The molecule has 0 spiro atoms. The highest BCUT2D eigenvalue weighted by molar-refractivity contribution is 6.74. The normalized spacial score (nSPS) is 12.1. The summed E-state index contributed by atoms with van der Waals surface area (Å²) in [5.74, 6) is 0.679. The Hall–Kier alpha value is -0.813. The van der Waals surface area contributed by atoms with E-state index in [1.54, 1.807) is 7.05 Å². The molecule has 5 heteroatoms. The van der Waals surface area contributed by atoms with E-state index in [0.29, 0.717) is 0 Å². The van der Waals surface area contributed by atoms with Crippen LogP contribution in [0.1, 0.15) is 41.0 Å². The lowest BCUT2D eigenvalue weighted by molar-refractivity contribution is -0.168. The molecule has 0 atom stereocenters. The molecule has 0 saturated heterocycles. The molecule has 0 unspecified atom stereocenters. The SMILES string of the molecule is CON(C)C(=O)CC(O[Si](C)(C)C(C)(C)C)=C(C)C. The summed E-state index contributed by atoms with van der Waals surface area (Å²) in [4.78, 5) is 16.8. The number of rotatable bonds is 5. The van der Waals surface area contributed by atoms with E-state index in [1.165, 1.54) is 12.2 Å². The lowest BCUT2D eigenvalue weighted by Crippen LogP contribution is -2.41. The van der Waals surface area contributed by atoms with Gasteiger partial charge in [-0.15, -0.1) is 0 Å². The Morgan fingerprint density at radius 2 is 1.68 bits per heavy atom. The van der Waals surface area contributed by atoms with Crippen molar-refractivity contribution >= 4 is 14.2 Å². The first kappa shape index (κ1) is 18.2. The van der Waals surface area contributed by atoms with Crippen molar-refractivity contribution in [2.45, 2.75) is 59.2 Å². The maximum Gasteiger partial charge on any atom is 0.253 e. The number of carbonyl (C=O) groups excluding carboxylic acids is 1. The zero-order chi connectivity index (χ0) is 15.4. The van der Waals surface area contributed by atoms with Crippen LogP contribution in [0.4, 0.5) is 0 Å². The monoisotopic (exact) mass is 287 g/mol. The van der Waals surface area contributed by atoms with Gasteiger partial charge in [0.05, 0.1) is 19.3 Å². The molecule has 0 fully saturated rings. The van der Waals surface area contributed by atoms with Gasteiger partial charge in [-0.2, -0.15) is 0 Å². The van der Waals surface area contributed by atoms with E-state index in [9.17, 15) is 4.79 Å². The smallest absolute Gasteiger partial charge is 0.253 e. The van der Waals surface area contributed by atoms with Crippen molar-refractivity contribution in [3.8, 4) is 0 Å². The average molecular weight is 287 g/mol. The first-order valence-corrected chi connectivity index (χ1v) is 9.49. The van der Waals surface area contributed by atoms with E-state index < -0.39 is 8.32 Å². The number of carbonyl (C=O) groups is 1. The summed E-state index contributed by atoms with van der Waals surface area (Å²) in [5.41, 5.74) is 1.04. The summed E-state index contributed by atoms with van der Waals surface area (Å²) in [7, 11) is 1.18. The topological polar surface area (TPSA) is 38.8 Å². The quantitative estimate of drug-likeness (QED) is 0.439. The third kappa shape index (κ3) is 5.36. The van der Waals surface area contributed by atoms with Crippen molar-refractivity contribution in [2.75, 3.05) is 14.2 Å². The summed E-state index contributed by atoms with van der Waals surface area (Å²) in [6.07, 6.45) is 0.249. The van der Waals surface area contributed by atoms with Gasteiger partial charge in [0, 0.05) is 7.05 Å². The van der Waals surface area contributed by atoms with Crippen molar-refractivity contribution in [3.05, 3.63) is 11.3 Å². The van der Waals surface area contributed by atoms with Crippen LogP contribution in [0.3, 0.4) is 0 Å². The van der Waals surface area contributed by atoms with Gasteiger partial charge < -0.3 is 4.43 Å². The van der Waals surface area contributed by atoms with E-state index in [1.807, 2.05) is 13.8 Å². The molecule has 4 nitrogen and oxygen atoms in total. The predicted molar refractivity (Wildman–Crippen MR) is 81.1 cm³/mol. The summed E-state index contributed by atoms with van der Waals surface area (Å²) in [6, 6.07) is 0.